The van der Waals surface area contributed by atoms with Crippen molar-refractivity contribution in [2.75, 3.05) is 17.2 Å². The molecule has 0 aliphatic carbocycles. The fourth-order valence-corrected chi connectivity index (χ4v) is 2.40. The average molecular weight is 377 g/mol. The Morgan fingerprint density at radius 2 is 2.04 bits per heavy atom. The number of aryl methyl sites for hydroxylation is 1. The van der Waals surface area contributed by atoms with Crippen molar-refractivity contribution < 1.29 is 4.79 Å². The molecule has 0 aliphatic heterocycles. The van der Waals surface area contributed by atoms with Crippen LogP contribution >= 0.6 is 15.9 Å². The number of aromatic nitrogens is 2. The van der Waals surface area contributed by atoms with Gasteiger partial charge in [0.1, 0.15) is 5.69 Å². The van der Waals surface area contributed by atoms with Crippen LogP contribution in [0.15, 0.2) is 34.8 Å². The molecule has 2 N–H and O–H groups in total. The van der Waals surface area contributed by atoms with Gasteiger partial charge in [0.25, 0.3) is 5.91 Å². The fraction of sp³-hybridized carbons (Fsp3) is 0.353. The number of benzene rings is 1. The van der Waals surface area contributed by atoms with E-state index in [1.165, 1.54) is 0 Å². The van der Waals surface area contributed by atoms with Gasteiger partial charge < -0.3 is 10.6 Å². The molecular formula is C17H21BrN4O. The molecule has 23 heavy (non-hydrogen) atoms. The monoisotopic (exact) mass is 376 g/mol. The molecule has 0 fully saturated rings. The first-order valence-electron chi connectivity index (χ1n) is 7.60. The molecule has 122 valence electrons. The Kier molecular flexibility index (Phi) is 6.10. The molecule has 0 aliphatic rings. The number of hydrogen-bond acceptors (Lipinski definition) is 4. The van der Waals surface area contributed by atoms with Crippen molar-refractivity contribution in [3.63, 3.8) is 0 Å². The van der Waals surface area contributed by atoms with Gasteiger partial charge in [0, 0.05) is 22.4 Å². The standard InChI is InChI=1S/C17H21BrN4O/c1-11(2)7-8-19-17-20-12(3)9-15(22-17)16(23)21-14-6-4-5-13(18)10-14/h4-6,9-11H,7-8H2,1-3H3,(H,21,23)(H,19,20,22). The van der Waals surface area contributed by atoms with Gasteiger partial charge in [-0.25, -0.2) is 9.97 Å². The summed E-state index contributed by atoms with van der Waals surface area (Å²) < 4.78 is 0.908. The molecule has 0 spiro atoms. The first-order chi connectivity index (χ1) is 10.9. The highest BCUT2D eigenvalue weighted by molar-refractivity contribution is 9.10. The highest BCUT2D eigenvalue weighted by Gasteiger charge is 2.11. The van der Waals surface area contributed by atoms with Crippen molar-refractivity contribution in [1.82, 2.24) is 9.97 Å². The lowest BCUT2D eigenvalue weighted by Crippen LogP contribution is -2.16. The molecule has 0 atom stereocenters. The Hall–Kier alpha value is -1.95. The maximum atomic E-state index is 12.4. The van der Waals surface area contributed by atoms with Crippen LogP contribution in [0.1, 0.15) is 36.5 Å². The van der Waals surface area contributed by atoms with Gasteiger partial charge in [-0.2, -0.15) is 0 Å². The van der Waals surface area contributed by atoms with Crippen LogP contribution in [0, 0.1) is 12.8 Å². The molecule has 1 aromatic heterocycles. The number of carbonyl (C=O) groups excluding carboxylic acids is 1. The summed E-state index contributed by atoms with van der Waals surface area (Å²) in [5.41, 5.74) is 1.82. The van der Waals surface area contributed by atoms with Crippen molar-refractivity contribution >= 4 is 33.5 Å². The minimum absolute atomic E-state index is 0.250. The quantitative estimate of drug-likeness (QED) is 0.790. The fourth-order valence-electron chi connectivity index (χ4n) is 2.00. The zero-order valence-corrected chi connectivity index (χ0v) is 15.1. The summed E-state index contributed by atoms with van der Waals surface area (Å²) in [6.45, 7) is 6.96. The predicted octanol–water partition coefficient (Wildman–Crippen LogP) is 4.26. The van der Waals surface area contributed by atoms with Crippen molar-refractivity contribution in [1.29, 1.82) is 0 Å². The van der Waals surface area contributed by atoms with E-state index >= 15 is 0 Å². The summed E-state index contributed by atoms with van der Waals surface area (Å²) >= 11 is 3.38. The lowest BCUT2D eigenvalue weighted by atomic mass is 10.1. The summed E-state index contributed by atoms with van der Waals surface area (Å²) in [5.74, 6) is 0.845. The van der Waals surface area contributed by atoms with E-state index in [1.54, 1.807) is 6.07 Å². The number of halogens is 1. The second-order valence-electron chi connectivity index (χ2n) is 5.79. The average Bonchev–Trinajstić information content (AvgIpc) is 2.46. The first-order valence-corrected chi connectivity index (χ1v) is 8.40. The lowest BCUT2D eigenvalue weighted by molar-refractivity contribution is 0.102. The van der Waals surface area contributed by atoms with Crippen LogP contribution in [0.2, 0.25) is 0 Å². The Morgan fingerprint density at radius 3 is 2.74 bits per heavy atom. The van der Waals surface area contributed by atoms with Crippen LogP contribution in [0.3, 0.4) is 0 Å². The number of nitrogens with zero attached hydrogens (tertiary/aromatic N) is 2. The zero-order valence-electron chi connectivity index (χ0n) is 13.6. The van der Waals surface area contributed by atoms with Crippen molar-refractivity contribution in [3.05, 3.63) is 46.2 Å². The van der Waals surface area contributed by atoms with E-state index in [9.17, 15) is 4.79 Å². The highest BCUT2D eigenvalue weighted by Crippen LogP contribution is 2.16. The largest absolute Gasteiger partial charge is 0.354 e. The van der Waals surface area contributed by atoms with E-state index < -0.39 is 0 Å². The summed E-state index contributed by atoms with van der Waals surface area (Å²) in [4.78, 5) is 21.0. The molecule has 2 aromatic rings. The van der Waals surface area contributed by atoms with Crippen LogP contribution in [-0.2, 0) is 0 Å². The van der Waals surface area contributed by atoms with Crippen LogP contribution in [0.4, 0.5) is 11.6 Å². The second kappa shape index (κ2) is 8.06. The van der Waals surface area contributed by atoms with E-state index in [0.29, 0.717) is 17.6 Å². The molecule has 0 bridgehead atoms. The summed E-state index contributed by atoms with van der Waals surface area (Å²) in [7, 11) is 0. The number of carbonyl (C=O) groups is 1. The molecule has 0 saturated heterocycles. The third-order valence-electron chi connectivity index (χ3n) is 3.17. The minimum Gasteiger partial charge on any atom is -0.354 e. The molecule has 0 saturated carbocycles. The first kappa shape index (κ1) is 17.4. The molecule has 0 radical (unpaired) electrons. The van der Waals surface area contributed by atoms with E-state index in [0.717, 1.165) is 28.8 Å². The van der Waals surface area contributed by atoms with Crippen molar-refractivity contribution in [2.45, 2.75) is 27.2 Å². The van der Waals surface area contributed by atoms with Gasteiger partial charge in [0.15, 0.2) is 0 Å². The lowest BCUT2D eigenvalue weighted by Gasteiger charge is -2.10. The summed E-state index contributed by atoms with van der Waals surface area (Å²) in [6, 6.07) is 9.12. The molecule has 6 heteroatoms. The van der Waals surface area contributed by atoms with Gasteiger partial charge in [0.2, 0.25) is 5.95 Å². The third-order valence-corrected chi connectivity index (χ3v) is 3.67. The maximum Gasteiger partial charge on any atom is 0.274 e. The topological polar surface area (TPSA) is 66.9 Å². The van der Waals surface area contributed by atoms with E-state index in [1.807, 2.05) is 31.2 Å². The summed E-state index contributed by atoms with van der Waals surface area (Å²) in [5, 5.41) is 6.02. The zero-order chi connectivity index (χ0) is 16.8. The van der Waals surface area contributed by atoms with Crippen molar-refractivity contribution in [3.8, 4) is 0 Å². The van der Waals surface area contributed by atoms with Crippen LogP contribution < -0.4 is 10.6 Å². The van der Waals surface area contributed by atoms with Gasteiger partial charge >= 0.3 is 0 Å². The number of hydrogen-bond donors (Lipinski definition) is 2. The number of nitrogens with one attached hydrogen (secondary N) is 2. The maximum absolute atomic E-state index is 12.4. The molecule has 1 amide bonds. The Balaban J connectivity index is 2.09. The number of rotatable bonds is 6. The third kappa shape index (κ3) is 5.63. The molecule has 1 aromatic carbocycles. The highest BCUT2D eigenvalue weighted by atomic mass is 79.9. The van der Waals surface area contributed by atoms with Gasteiger partial charge in [-0.3, -0.25) is 4.79 Å². The van der Waals surface area contributed by atoms with Gasteiger partial charge in [-0.1, -0.05) is 35.8 Å². The van der Waals surface area contributed by atoms with Gasteiger partial charge in [-0.15, -0.1) is 0 Å². The minimum atomic E-state index is -0.250. The van der Waals surface area contributed by atoms with Crippen molar-refractivity contribution in [2.24, 2.45) is 5.92 Å². The molecule has 1 heterocycles. The second-order valence-corrected chi connectivity index (χ2v) is 6.71. The number of amides is 1. The molecular weight excluding hydrogens is 356 g/mol. The Labute approximate surface area is 145 Å². The van der Waals surface area contributed by atoms with Gasteiger partial charge in [-0.05, 0) is 43.5 Å². The van der Waals surface area contributed by atoms with E-state index in [2.05, 4.69) is 50.4 Å². The Morgan fingerprint density at radius 1 is 1.26 bits per heavy atom. The van der Waals surface area contributed by atoms with Gasteiger partial charge in [0.05, 0.1) is 0 Å². The normalized spacial score (nSPS) is 10.7. The smallest absolute Gasteiger partial charge is 0.274 e. The molecule has 0 unspecified atom stereocenters. The molecule has 5 nitrogen and oxygen atoms in total. The van der Waals surface area contributed by atoms with Crippen LogP contribution in [0.5, 0.6) is 0 Å². The van der Waals surface area contributed by atoms with E-state index in [-0.39, 0.29) is 5.91 Å². The van der Waals surface area contributed by atoms with E-state index in [4.69, 9.17) is 0 Å². The Bertz CT molecular complexity index is 688. The molecule has 2 rings (SSSR count). The summed E-state index contributed by atoms with van der Waals surface area (Å²) in [6.07, 6.45) is 1.02. The van der Waals surface area contributed by atoms with Crippen LogP contribution in [-0.4, -0.2) is 22.4 Å². The SMILES string of the molecule is Cc1cc(C(=O)Nc2cccc(Br)c2)nc(NCCC(C)C)n1. The van der Waals surface area contributed by atoms with Crippen LogP contribution in [0.25, 0.3) is 0 Å². The number of anilines is 2. The predicted molar refractivity (Wildman–Crippen MR) is 96.8 cm³/mol.